The average Bonchev–Trinajstić information content (AvgIpc) is 0.722. The zero-order valence-electron chi connectivity index (χ0n) is 3.47. The summed E-state index contributed by atoms with van der Waals surface area (Å²) < 4.78 is 0. The van der Waals surface area contributed by atoms with Crippen molar-refractivity contribution in [2.45, 2.75) is 0 Å². The molecule has 0 aromatic heterocycles. The molecule has 0 saturated carbocycles. The monoisotopic (exact) mass is 179 g/mol. The molecule has 7 heavy (non-hydrogen) atoms. The predicted octanol–water partition coefficient (Wildman–Crippen LogP) is -7.50. The van der Waals surface area contributed by atoms with Gasteiger partial charge in [0, 0.05) is 0 Å². The van der Waals surface area contributed by atoms with Gasteiger partial charge in [-0.05, 0) is 0 Å². The molecule has 1 radical (unpaired) electrons. The van der Waals surface area contributed by atoms with Crippen LogP contribution in [0.4, 0.5) is 0 Å². The van der Waals surface area contributed by atoms with Crippen molar-refractivity contribution in [3.8, 4) is 0 Å². The van der Waals surface area contributed by atoms with Crippen molar-refractivity contribution in [1.29, 1.82) is 0 Å². The molecule has 0 amide bonds. The summed E-state index contributed by atoms with van der Waals surface area (Å²) in [6.07, 6.45) is 0. The molecule has 0 saturated heterocycles. The van der Waals surface area contributed by atoms with Crippen LogP contribution in [0.3, 0.4) is 0 Å². The van der Waals surface area contributed by atoms with Crippen LogP contribution < -0.4 is 43.9 Å². The second-order valence-corrected chi connectivity index (χ2v) is 1.57. The molecule has 0 aliphatic heterocycles. The summed E-state index contributed by atoms with van der Waals surface area (Å²) >= 11 is 0. The Labute approximate surface area is 74.4 Å². The van der Waals surface area contributed by atoms with Crippen molar-refractivity contribution < 1.29 is 65.8 Å². The fourth-order valence-electron chi connectivity index (χ4n) is 0. The molecule has 0 aliphatic rings. The van der Waals surface area contributed by atoms with Gasteiger partial charge in [-0.2, -0.15) is 0 Å². The van der Waals surface area contributed by atoms with Crippen molar-refractivity contribution in [2.24, 2.45) is 0 Å². The Morgan fingerprint density at radius 2 is 1.14 bits per heavy atom. The Bertz CT molecular complexity index is 27.2. The van der Waals surface area contributed by atoms with E-state index in [4.69, 9.17) is 19.2 Å². The van der Waals surface area contributed by atoms with Crippen LogP contribution in [-0.2, 0) is 17.1 Å². The van der Waals surface area contributed by atoms with Gasteiger partial charge in [0.1, 0.15) is 0 Å². The Balaban J connectivity index is -0.0000000800. The first-order valence-corrected chi connectivity index (χ1v) is 2.51. The van der Waals surface area contributed by atoms with Crippen LogP contribution >= 0.6 is 0 Å². The van der Waals surface area contributed by atoms with Gasteiger partial charge in [-0.25, -0.2) is 0 Å². The van der Waals surface area contributed by atoms with Crippen molar-refractivity contribution in [1.82, 2.24) is 0 Å². The first-order chi connectivity index (χ1) is 2.00. The van der Waals surface area contributed by atoms with E-state index in [2.05, 4.69) is 0 Å². The third-order valence-electron chi connectivity index (χ3n) is 0. The van der Waals surface area contributed by atoms with E-state index >= 15 is 0 Å². The Morgan fingerprint density at radius 1 is 1.14 bits per heavy atom. The van der Waals surface area contributed by atoms with Crippen LogP contribution in [0.5, 0.6) is 0 Å². The average molecular weight is 180 g/mol. The molecule has 1 N–H and O–H groups in total. The summed E-state index contributed by atoms with van der Waals surface area (Å²) in [6, 6.07) is 0. The number of hydrogen-bond acceptors (Lipinski definition) is 4. The molecule has 0 unspecified atom stereocenters. The summed E-state index contributed by atoms with van der Waals surface area (Å²) in [5.74, 6) is 0. The maximum atomic E-state index is 8.69. The number of rotatable bonds is 0. The summed E-state index contributed by atoms with van der Waals surface area (Å²) in [5.41, 5.74) is 0. The van der Waals surface area contributed by atoms with Gasteiger partial charge in [-0.1, -0.05) is 0 Å². The van der Waals surface area contributed by atoms with E-state index in [9.17, 15) is 0 Å². The first kappa shape index (κ1) is 15.8. The Hall–Kier alpha value is 1.58. The molecule has 0 aromatic carbocycles. The van der Waals surface area contributed by atoms with Crippen molar-refractivity contribution in [3.63, 3.8) is 0 Å². The van der Waals surface area contributed by atoms with E-state index in [0.29, 0.717) is 0 Å². The predicted molar refractivity (Wildman–Crippen MR) is 7.97 cm³/mol. The van der Waals surface area contributed by atoms with E-state index in [1.807, 2.05) is 0 Å². The normalized spacial score (nSPS) is 8.57. The van der Waals surface area contributed by atoms with Crippen LogP contribution in [-0.4, -0.2) is 13.8 Å². The van der Waals surface area contributed by atoms with Gasteiger partial charge in [0.25, 0.3) is 0 Å². The molecule has 0 bridgehead atoms. The molecular formula is HCuNaO4Si. The minimum absolute atomic E-state index is 0. The zero-order chi connectivity index (χ0) is 4.50. The fraction of sp³-hybridized carbons (Fsp3) is 0. The van der Waals surface area contributed by atoms with Gasteiger partial charge in [0.05, 0.1) is 0 Å². The van der Waals surface area contributed by atoms with E-state index < -0.39 is 9.05 Å². The molecule has 4 nitrogen and oxygen atoms in total. The number of hydrogen-bond donors (Lipinski definition) is 1. The quantitative estimate of drug-likeness (QED) is 0.374. The second kappa shape index (κ2) is 5.71. The van der Waals surface area contributed by atoms with Crippen LogP contribution in [0.15, 0.2) is 0 Å². The molecule has 0 spiro atoms. The Kier molecular flexibility index (Phi) is 12.9. The summed E-state index contributed by atoms with van der Waals surface area (Å²) in [6.45, 7) is 0. The van der Waals surface area contributed by atoms with Gasteiger partial charge >= 0.3 is 46.6 Å². The van der Waals surface area contributed by atoms with Gasteiger partial charge in [0.15, 0.2) is 0 Å². The maximum absolute atomic E-state index is 8.69. The van der Waals surface area contributed by atoms with Crippen LogP contribution in [0.25, 0.3) is 0 Å². The molecule has 0 aromatic rings. The van der Waals surface area contributed by atoms with Gasteiger partial charge in [-0.3, -0.25) is 0 Å². The van der Waals surface area contributed by atoms with Crippen molar-refractivity contribution >= 4 is 9.05 Å². The fourth-order valence-corrected chi connectivity index (χ4v) is 0. The minimum Gasteiger partial charge on any atom is -0.861 e. The van der Waals surface area contributed by atoms with Gasteiger partial charge < -0.3 is 19.2 Å². The molecule has 0 rings (SSSR count). The first-order valence-electron chi connectivity index (χ1n) is 0.836. The third kappa shape index (κ3) is 94.8. The SMILES string of the molecule is [Cu+2].[Na+].[O-][Si]([O-])([O-])O. The third-order valence-corrected chi connectivity index (χ3v) is 0. The van der Waals surface area contributed by atoms with E-state index in [0.717, 1.165) is 0 Å². The van der Waals surface area contributed by atoms with Gasteiger partial charge in [0.2, 0.25) is 0 Å². The van der Waals surface area contributed by atoms with E-state index in [1.54, 1.807) is 0 Å². The van der Waals surface area contributed by atoms with Crippen LogP contribution in [0.1, 0.15) is 0 Å². The molecular weight excluding hydrogens is 179 g/mol. The summed E-state index contributed by atoms with van der Waals surface area (Å²) in [7, 11) is -5.36. The summed E-state index contributed by atoms with van der Waals surface area (Å²) in [4.78, 5) is 33.1. The van der Waals surface area contributed by atoms with E-state index in [-0.39, 0.29) is 46.6 Å². The molecule has 0 heterocycles. The molecule has 0 aliphatic carbocycles. The van der Waals surface area contributed by atoms with Gasteiger partial charge in [-0.15, -0.1) is 9.05 Å². The second-order valence-electron chi connectivity index (χ2n) is 0.524. The topological polar surface area (TPSA) is 89.4 Å². The molecule has 41 valence electrons. The zero-order valence-corrected chi connectivity index (χ0v) is 7.42. The van der Waals surface area contributed by atoms with E-state index in [1.165, 1.54) is 0 Å². The minimum atomic E-state index is -5.36. The van der Waals surface area contributed by atoms with Crippen molar-refractivity contribution in [3.05, 3.63) is 0 Å². The smallest absolute Gasteiger partial charge is 0.861 e. The maximum Gasteiger partial charge on any atom is 2.00 e. The molecule has 0 atom stereocenters. The van der Waals surface area contributed by atoms with Crippen LogP contribution in [0, 0.1) is 0 Å². The standard InChI is InChI=1S/Cu.Na.HO4Si/c;;1-5(2,3)4/h;;1H/q+2;+1;-3. The summed E-state index contributed by atoms with van der Waals surface area (Å²) in [5, 5.41) is 0. The van der Waals surface area contributed by atoms with Crippen molar-refractivity contribution in [2.75, 3.05) is 0 Å². The van der Waals surface area contributed by atoms with Crippen LogP contribution in [0.2, 0.25) is 0 Å². The Morgan fingerprint density at radius 3 is 1.14 bits per heavy atom. The molecule has 0 fully saturated rings. The molecule has 7 heteroatoms. The largest absolute Gasteiger partial charge is 2.00 e.